The fourth-order valence-corrected chi connectivity index (χ4v) is 3.60. The van der Waals surface area contributed by atoms with Gasteiger partial charge in [0.2, 0.25) is 11.8 Å². The first kappa shape index (κ1) is 26.7. The maximum absolute atomic E-state index is 11.4. The zero-order valence-electron chi connectivity index (χ0n) is 21.4. The van der Waals surface area contributed by atoms with Gasteiger partial charge in [-0.25, -0.2) is 14.8 Å². The topological polar surface area (TPSA) is 102 Å². The maximum atomic E-state index is 11.4. The van der Waals surface area contributed by atoms with Crippen LogP contribution in [0.4, 0.5) is 0 Å². The first-order valence-electron chi connectivity index (χ1n) is 11.7. The number of aryl methyl sites for hydroxylation is 3. The van der Waals surface area contributed by atoms with Crippen molar-refractivity contribution in [1.82, 2.24) is 14.9 Å². The molecule has 0 radical (unpaired) electrons. The molecule has 0 unspecified atom stereocenters. The average Bonchev–Trinajstić information content (AvgIpc) is 3.52. The number of benzene rings is 2. The summed E-state index contributed by atoms with van der Waals surface area (Å²) in [4.78, 5) is 21.9. The van der Waals surface area contributed by atoms with Crippen LogP contribution in [0.5, 0.6) is 5.75 Å². The van der Waals surface area contributed by atoms with Crippen LogP contribution in [0.3, 0.4) is 0 Å². The standard InChI is InChI=1S/C21H25N3O5.C7H8/c1-14-9-16(10-15(2)19(14)29-21(3,4)20(25)26)11-24(12-17-22-5-7-27-17)13-18-23-6-8-28-18;1-7-5-3-2-4-6-7/h5-10H,11-13H2,1-4H3,(H,25,26);2-6H,1H3. The molecule has 2 aromatic heterocycles. The molecule has 0 amide bonds. The Bertz CT molecular complexity index is 1160. The van der Waals surface area contributed by atoms with Gasteiger partial charge >= 0.3 is 5.97 Å². The number of ether oxygens (including phenoxy) is 1. The summed E-state index contributed by atoms with van der Waals surface area (Å²) < 4.78 is 16.6. The number of carboxylic acids is 1. The molecule has 4 aromatic rings. The molecule has 0 fully saturated rings. The van der Waals surface area contributed by atoms with Gasteiger partial charge in [0.05, 0.1) is 25.5 Å². The van der Waals surface area contributed by atoms with Gasteiger partial charge in [0.15, 0.2) is 5.60 Å². The van der Waals surface area contributed by atoms with Gasteiger partial charge in [0.1, 0.15) is 18.3 Å². The highest BCUT2D eigenvalue weighted by atomic mass is 16.5. The lowest BCUT2D eigenvalue weighted by Crippen LogP contribution is -2.38. The minimum Gasteiger partial charge on any atom is -0.478 e. The number of nitrogens with zero attached hydrogens (tertiary/aromatic N) is 3. The Kier molecular flexibility index (Phi) is 9.02. The number of carbonyl (C=O) groups is 1. The largest absolute Gasteiger partial charge is 0.478 e. The summed E-state index contributed by atoms with van der Waals surface area (Å²) in [5.74, 6) is 0.790. The van der Waals surface area contributed by atoms with Gasteiger partial charge in [-0.1, -0.05) is 48.0 Å². The lowest BCUT2D eigenvalue weighted by molar-refractivity contribution is -0.152. The number of oxazole rings is 2. The van der Waals surface area contributed by atoms with Gasteiger partial charge in [-0.05, 0) is 51.3 Å². The lowest BCUT2D eigenvalue weighted by atomic mass is 10.0. The maximum Gasteiger partial charge on any atom is 0.347 e. The molecule has 2 heterocycles. The molecule has 0 bridgehead atoms. The second-order valence-electron chi connectivity index (χ2n) is 9.13. The summed E-state index contributed by atoms with van der Waals surface area (Å²) in [7, 11) is 0. The van der Waals surface area contributed by atoms with Crippen LogP contribution in [0.2, 0.25) is 0 Å². The molecular formula is C28H33N3O5. The van der Waals surface area contributed by atoms with Crippen molar-refractivity contribution in [3.63, 3.8) is 0 Å². The predicted molar refractivity (Wildman–Crippen MR) is 135 cm³/mol. The highest BCUT2D eigenvalue weighted by Gasteiger charge is 2.30. The third kappa shape index (κ3) is 7.81. The molecule has 0 spiro atoms. The fourth-order valence-electron chi connectivity index (χ4n) is 3.60. The van der Waals surface area contributed by atoms with Crippen LogP contribution in [0.15, 0.2) is 76.2 Å². The first-order valence-corrected chi connectivity index (χ1v) is 11.7. The molecule has 36 heavy (non-hydrogen) atoms. The molecule has 8 nitrogen and oxygen atoms in total. The number of aromatic nitrogens is 2. The zero-order chi connectivity index (χ0) is 26.1. The second-order valence-corrected chi connectivity index (χ2v) is 9.13. The molecule has 0 aliphatic carbocycles. The van der Waals surface area contributed by atoms with E-state index in [1.165, 1.54) is 19.4 Å². The zero-order valence-corrected chi connectivity index (χ0v) is 21.4. The van der Waals surface area contributed by atoms with Crippen LogP contribution in [-0.4, -0.2) is 31.5 Å². The van der Waals surface area contributed by atoms with E-state index in [9.17, 15) is 9.90 Å². The Labute approximate surface area is 211 Å². The van der Waals surface area contributed by atoms with Crippen LogP contribution in [0.1, 0.15) is 47.9 Å². The van der Waals surface area contributed by atoms with E-state index in [1.54, 1.807) is 24.9 Å². The van der Waals surface area contributed by atoms with Gasteiger partial charge in [-0.15, -0.1) is 0 Å². The molecule has 190 valence electrons. The van der Waals surface area contributed by atoms with E-state index in [0.29, 0.717) is 37.2 Å². The Morgan fingerprint density at radius 3 is 1.83 bits per heavy atom. The number of rotatable bonds is 9. The highest BCUT2D eigenvalue weighted by Crippen LogP contribution is 2.29. The molecule has 0 aliphatic rings. The third-order valence-electron chi connectivity index (χ3n) is 5.42. The van der Waals surface area contributed by atoms with E-state index in [-0.39, 0.29) is 0 Å². The van der Waals surface area contributed by atoms with Crippen LogP contribution in [0, 0.1) is 20.8 Å². The second kappa shape index (κ2) is 12.2. The van der Waals surface area contributed by atoms with Gasteiger partial charge < -0.3 is 18.7 Å². The number of hydrogen-bond donors (Lipinski definition) is 1. The molecular weight excluding hydrogens is 458 g/mol. The molecule has 0 saturated heterocycles. The van der Waals surface area contributed by atoms with E-state index in [4.69, 9.17) is 13.6 Å². The Balaban J connectivity index is 0.000000444. The minimum absolute atomic E-state index is 0.498. The monoisotopic (exact) mass is 491 g/mol. The van der Waals surface area contributed by atoms with E-state index in [1.807, 2.05) is 44.2 Å². The predicted octanol–water partition coefficient (Wildman–Crippen LogP) is 5.72. The molecule has 0 atom stereocenters. The molecule has 0 saturated carbocycles. The number of aliphatic carboxylic acids is 1. The summed E-state index contributed by atoms with van der Waals surface area (Å²) in [5.41, 5.74) is 2.82. The molecule has 8 heteroatoms. The average molecular weight is 492 g/mol. The van der Waals surface area contributed by atoms with Crippen molar-refractivity contribution in [2.45, 2.75) is 59.9 Å². The van der Waals surface area contributed by atoms with Crippen molar-refractivity contribution in [1.29, 1.82) is 0 Å². The van der Waals surface area contributed by atoms with Crippen molar-refractivity contribution < 1.29 is 23.5 Å². The number of hydrogen-bond acceptors (Lipinski definition) is 7. The van der Waals surface area contributed by atoms with Crippen LogP contribution in [0.25, 0.3) is 0 Å². The van der Waals surface area contributed by atoms with Crippen LogP contribution in [-0.2, 0) is 24.4 Å². The van der Waals surface area contributed by atoms with Gasteiger partial charge in [-0.3, -0.25) is 4.90 Å². The third-order valence-corrected chi connectivity index (χ3v) is 5.42. The van der Waals surface area contributed by atoms with E-state index < -0.39 is 11.6 Å². The Hall–Kier alpha value is -3.91. The van der Waals surface area contributed by atoms with E-state index >= 15 is 0 Å². The molecule has 2 aromatic carbocycles. The summed E-state index contributed by atoms with van der Waals surface area (Å²) in [5, 5.41) is 9.34. The molecule has 0 aliphatic heterocycles. The van der Waals surface area contributed by atoms with Gasteiger partial charge in [-0.2, -0.15) is 0 Å². The summed E-state index contributed by atoms with van der Waals surface area (Å²) in [6, 6.07) is 14.3. The summed E-state index contributed by atoms with van der Waals surface area (Å²) >= 11 is 0. The van der Waals surface area contributed by atoms with E-state index in [2.05, 4.69) is 33.9 Å². The van der Waals surface area contributed by atoms with Crippen molar-refractivity contribution in [2.75, 3.05) is 0 Å². The van der Waals surface area contributed by atoms with Crippen molar-refractivity contribution in [3.05, 3.63) is 101 Å². The first-order chi connectivity index (χ1) is 17.1. The normalized spacial score (nSPS) is 11.2. The highest BCUT2D eigenvalue weighted by molar-refractivity contribution is 5.77. The Morgan fingerprint density at radius 2 is 1.44 bits per heavy atom. The molecule has 1 N–H and O–H groups in total. The van der Waals surface area contributed by atoms with Gasteiger partial charge in [0, 0.05) is 6.54 Å². The van der Waals surface area contributed by atoms with Crippen LogP contribution >= 0.6 is 0 Å². The van der Waals surface area contributed by atoms with E-state index in [0.717, 1.165) is 16.7 Å². The van der Waals surface area contributed by atoms with Crippen molar-refractivity contribution in [3.8, 4) is 5.75 Å². The molecule has 4 rings (SSSR count). The Morgan fingerprint density at radius 1 is 0.917 bits per heavy atom. The summed E-state index contributed by atoms with van der Waals surface area (Å²) in [6.07, 6.45) is 6.32. The van der Waals surface area contributed by atoms with Gasteiger partial charge in [0.25, 0.3) is 0 Å². The summed E-state index contributed by atoms with van der Waals surface area (Å²) in [6.45, 7) is 10.6. The lowest BCUT2D eigenvalue weighted by Gasteiger charge is -2.25. The quantitative estimate of drug-likeness (QED) is 0.317. The smallest absolute Gasteiger partial charge is 0.347 e. The fraction of sp³-hybridized carbons (Fsp3) is 0.321. The van der Waals surface area contributed by atoms with Crippen molar-refractivity contribution >= 4 is 5.97 Å². The number of carboxylic acid groups (broad SMARTS) is 1. The SMILES string of the molecule is Cc1cc(CN(Cc2ncco2)Cc2ncco2)cc(C)c1OC(C)(C)C(=O)O.Cc1ccccc1. The van der Waals surface area contributed by atoms with Crippen LogP contribution < -0.4 is 4.74 Å². The minimum atomic E-state index is -1.31. The van der Waals surface area contributed by atoms with Crippen molar-refractivity contribution in [2.24, 2.45) is 0 Å².